The lowest BCUT2D eigenvalue weighted by atomic mass is 10.3. The molecule has 2 heterocycles. The van der Waals surface area contributed by atoms with Gasteiger partial charge in [0.1, 0.15) is 5.82 Å². The van der Waals surface area contributed by atoms with Crippen molar-refractivity contribution < 1.29 is 9.53 Å². The molecule has 2 fully saturated rings. The maximum Gasteiger partial charge on any atom is 0.228 e. The highest BCUT2D eigenvalue weighted by Crippen LogP contribution is 2.30. The first-order valence-corrected chi connectivity index (χ1v) is 6.42. The van der Waals surface area contributed by atoms with Gasteiger partial charge < -0.3 is 15.0 Å². The molecule has 5 heteroatoms. The number of carbonyl (C=O) groups excluding carboxylic acids is 1. The SMILES string of the molecule is O=C(Nc1ccc(N2CCOCC2)cn1)C1CC1. The van der Waals surface area contributed by atoms with Crippen molar-refractivity contribution in [3.8, 4) is 0 Å². The van der Waals surface area contributed by atoms with Crippen LogP contribution in [-0.2, 0) is 9.53 Å². The molecular weight excluding hydrogens is 230 g/mol. The van der Waals surface area contributed by atoms with Crippen LogP contribution in [0.15, 0.2) is 18.3 Å². The molecule has 0 bridgehead atoms. The standard InChI is InChI=1S/C13H17N3O2/c17-13(10-1-2-10)15-12-4-3-11(9-14-12)16-5-7-18-8-6-16/h3-4,9-10H,1-2,5-8H2,(H,14,15,17). The van der Waals surface area contributed by atoms with Gasteiger partial charge >= 0.3 is 0 Å². The molecule has 96 valence electrons. The molecule has 1 aromatic heterocycles. The van der Waals surface area contributed by atoms with Gasteiger partial charge in [0, 0.05) is 19.0 Å². The number of hydrogen-bond donors (Lipinski definition) is 1. The van der Waals surface area contributed by atoms with Gasteiger partial charge in [-0.25, -0.2) is 4.98 Å². The highest BCUT2D eigenvalue weighted by atomic mass is 16.5. The molecule has 0 unspecified atom stereocenters. The lowest BCUT2D eigenvalue weighted by Crippen LogP contribution is -2.36. The minimum absolute atomic E-state index is 0.0987. The number of nitrogens with zero attached hydrogens (tertiary/aromatic N) is 2. The van der Waals surface area contributed by atoms with Crippen LogP contribution in [0.4, 0.5) is 11.5 Å². The normalized spacial score (nSPS) is 19.7. The van der Waals surface area contributed by atoms with Crippen LogP contribution in [-0.4, -0.2) is 37.2 Å². The Labute approximate surface area is 106 Å². The molecule has 1 saturated heterocycles. The van der Waals surface area contributed by atoms with E-state index in [1.165, 1.54) is 0 Å². The minimum atomic E-state index is 0.0987. The van der Waals surface area contributed by atoms with Gasteiger partial charge in [-0.3, -0.25) is 4.79 Å². The number of amides is 1. The van der Waals surface area contributed by atoms with E-state index >= 15 is 0 Å². The highest BCUT2D eigenvalue weighted by Gasteiger charge is 2.29. The third kappa shape index (κ3) is 2.61. The first-order chi connectivity index (χ1) is 8.83. The smallest absolute Gasteiger partial charge is 0.228 e. The number of nitrogens with one attached hydrogen (secondary N) is 1. The third-order valence-corrected chi connectivity index (χ3v) is 3.32. The summed E-state index contributed by atoms with van der Waals surface area (Å²) in [5.74, 6) is 0.955. The summed E-state index contributed by atoms with van der Waals surface area (Å²) in [5.41, 5.74) is 1.09. The number of rotatable bonds is 3. The van der Waals surface area contributed by atoms with Crippen molar-refractivity contribution in [2.24, 2.45) is 5.92 Å². The second-order valence-corrected chi connectivity index (χ2v) is 4.76. The fourth-order valence-electron chi connectivity index (χ4n) is 2.04. The number of pyridine rings is 1. The Morgan fingerprint density at radius 2 is 2.11 bits per heavy atom. The summed E-state index contributed by atoms with van der Waals surface area (Å²) in [4.78, 5) is 18.1. The van der Waals surface area contributed by atoms with Crippen molar-refractivity contribution in [1.82, 2.24) is 4.98 Å². The number of hydrogen-bond acceptors (Lipinski definition) is 4. The van der Waals surface area contributed by atoms with Crippen LogP contribution < -0.4 is 10.2 Å². The Morgan fingerprint density at radius 3 is 2.72 bits per heavy atom. The fraction of sp³-hybridized carbons (Fsp3) is 0.538. The molecule has 1 saturated carbocycles. The van der Waals surface area contributed by atoms with E-state index in [9.17, 15) is 4.79 Å². The molecule has 1 aliphatic heterocycles. The predicted molar refractivity (Wildman–Crippen MR) is 68.6 cm³/mol. The zero-order valence-electron chi connectivity index (χ0n) is 10.3. The molecule has 1 amide bonds. The van der Waals surface area contributed by atoms with E-state index in [1.807, 2.05) is 18.3 Å². The van der Waals surface area contributed by atoms with Gasteiger partial charge in [0.15, 0.2) is 0 Å². The first-order valence-electron chi connectivity index (χ1n) is 6.42. The van der Waals surface area contributed by atoms with Gasteiger partial charge in [-0.2, -0.15) is 0 Å². The van der Waals surface area contributed by atoms with Gasteiger partial charge in [0.25, 0.3) is 0 Å². The molecule has 0 aromatic carbocycles. The largest absolute Gasteiger partial charge is 0.378 e. The fourth-order valence-corrected chi connectivity index (χ4v) is 2.04. The minimum Gasteiger partial charge on any atom is -0.378 e. The zero-order chi connectivity index (χ0) is 12.4. The summed E-state index contributed by atoms with van der Waals surface area (Å²) in [5, 5.41) is 2.84. The highest BCUT2D eigenvalue weighted by molar-refractivity contribution is 5.93. The van der Waals surface area contributed by atoms with Crippen molar-refractivity contribution in [2.75, 3.05) is 36.5 Å². The second-order valence-electron chi connectivity index (χ2n) is 4.76. The van der Waals surface area contributed by atoms with Crippen LogP contribution in [0, 0.1) is 5.92 Å². The molecule has 3 rings (SSSR count). The van der Waals surface area contributed by atoms with Crippen LogP contribution in [0.5, 0.6) is 0 Å². The molecule has 18 heavy (non-hydrogen) atoms. The van der Waals surface area contributed by atoms with Crippen molar-refractivity contribution in [3.63, 3.8) is 0 Å². The van der Waals surface area contributed by atoms with Crippen LogP contribution in [0.3, 0.4) is 0 Å². The maximum atomic E-state index is 11.6. The van der Waals surface area contributed by atoms with Gasteiger partial charge in [0.2, 0.25) is 5.91 Å². The van der Waals surface area contributed by atoms with Gasteiger partial charge in [0.05, 0.1) is 25.1 Å². The molecular formula is C13H17N3O2. The topological polar surface area (TPSA) is 54.5 Å². The number of ether oxygens (including phenoxy) is 1. The predicted octanol–water partition coefficient (Wildman–Crippen LogP) is 1.27. The van der Waals surface area contributed by atoms with Gasteiger partial charge in [-0.15, -0.1) is 0 Å². The van der Waals surface area contributed by atoms with E-state index in [0.717, 1.165) is 44.8 Å². The number of aromatic nitrogens is 1. The molecule has 0 spiro atoms. The van der Waals surface area contributed by atoms with Crippen molar-refractivity contribution in [2.45, 2.75) is 12.8 Å². The van der Waals surface area contributed by atoms with E-state index in [2.05, 4.69) is 15.2 Å². The average molecular weight is 247 g/mol. The maximum absolute atomic E-state index is 11.6. The summed E-state index contributed by atoms with van der Waals surface area (Å²) in [6.45, 7) is 3.32. The third-order valence-electron chi connectivity index (χ3n) is 3.32. The van der Waals surface area contributed by atoms with Crippen molar-refractivity contribution in [1.29, 1.82) is 0 Å². The molecule has 0 radical (unpaired) electrons. The quantitative estimate of drug-likeness (QED) is 0.874. The molecule has 1 N–H and O–H groups in total. The van der Waals surface area contributed by atoms with E-state index in [0.29, 0.717) is 5.82 Å². The molecule has 2 aliphatic rings. The Morgan fingerprint density at radius 1 is 1.33 bits per heavy atom. The van der Waals surface area contributed by atoms with Crippen LogP contribution >= 0.6 is 0 Å². The Bertz CT molecular complexity index is 422. The van der Waals surface area contributed by atoms with Gasteiger partial charge in [-0.1, -0.05) is 0 Å². The molecule has 0 atom stereocenters. The number of anilines is 2. The summed E-state index contributed by atoms with van der Waals surface area (Å²) < 4.78 is 5.31. The molecule has 1 aromatic rings. The van der Waals surface area contributed by atoms with Crippen LogP contribution in [0.1, 0.15) is 12.8 Å². The van der Waals surface area contributed by atoms with Crippen molar-refractivity contribution in [3.05, 3.63) is 18.3 Å². The number of carbonyl (C=O) groups is 1. The van der Waals surface area contributed by atoms with Crippen molar-refractivity contribution >= 4 is 17.4 Å². The monoisotopic (exact) mass is 247 g/mol. The van der Waals surface area contributed by atoms with Crippen LogP contribution in [0.2, 0.25) is 0 Å². The van der Waals surface area contributed by atoms with E-state index in [-0.39, 0.29) is 11.8 Å². The Hall–Kier alpha value is -1.62. The molecule has 1 aliphatic carbocycles. The zero-order valence-corrected chi connectivity index (χ0v) is 10.3. The lowest BCUT2D eigenvalue weighted by molar-refractivity contribution is -0.117. The molecule has 5 nitrogen and oxygen atoms in total. The van der Waals surface area contributed by atoms with E-state index in [4.69, 9.17) is 4.74 Å². The summed E-state index contributed by atoms with van der Waals surface area (Å²) in [6, 6.07) is 3.87. The van der Waals surface area contributed by atoms with E-state index < -0.39 is 0 Å². The van der Waals surface area contributed by atoms with Gasteiger partial charge in [-0.05, 0) is 25.0 Å². The first kappa shape index (κ1) is 11.5. The van der Waals surface area contributed by atoms with E-state index in [1.54, 1.807) is 0 Å². The number of morpholine rings is 1. The lowest BCUT2D eigenvalue weighted by Gasteiger charge is -2.28. The second kappa shape index (κ2) is 4.94. The van der Waals surface area contributed by atoms with Crippen LogP contribution in [0.25, 0.3) is 0 Å². The Kier molecular flexibility index (Phi) is 3.15. The summed E-state index contributed by atoms with van der Waals surface area (Å²) >= 11 is 0. The Balaban J connectivity index is 1.62. The average Bonchev–Trinajstić information content (AvgIpc) is 3.25. The summed E-state index contributed by atoms with van der Waals surface area (Å²) in [7, 11) is 0. The summed E-state index contributed by atoms with van der Waals surface area (Å²) in [6.07, 6.45) is 3.84.